The van der Waals surface area contributed by atoms with Crippen LogP contribution in [0.2, 0.25) is 0 Å². The number of carbonyl (C=O) groups is 1. The number of nitrogens with one attached hydrogen (secondary N) is 1. The fraction of sp³-hybridized carbons (Fsp3) is 0.261. The average molecular weight is 421 g/mol. The summed E-state index contributed by atoms with van der Waals surface area (Å²) >= 11 is 0. The van der Waals surface area contributed by atoms with Crippen molar-refractivity contribution >= 4 is 16.9 Å². The van der Waals surface area contributed by atoms with Gasteiger partial charge in [0.05, 0.1) is 28.5 Å². The minimum Gasteiger partial charge on any atom is -0.346 e. The van der Waals surface area contributed by atoms with Crippen molar-refractivity contribution in [1.82, 2.24) is 24.6 Å². The molecule has 5 rings (SSSR count). The Bertz CT molecular complexity index is 1250. The van der Waals surface area contributed by atoms with Crippen molar-refractivity contribution < 1.29 is 13.6 Å². The zero-order valence-electron chi connectivity index (χ0n) is 16.9. The second-order valence-corrected chi connectivity index (χ2v) is 8.07. The molecule has 31 heavy (non-hydrogen) atoms. The predicted octanol–water partition coefficient (Wildman–Crippen LogP) is 4.26. The second kappa shape index (κ2) is 7.61. The van der Waals surface area contributed by atoms with E-state index in [1.807, 2.05) is 31.3 Å². The number of rotatable bonds is 4. The first-order valence-corrected chi connectivity index (χ1v) is 10.2. The summed E-state index contributed by atoms with van der Waals surface area (Å²) in [5.41, 5.74) is 3.47. The lowest BCUT2D eigenvalue weighted by Crippen LogP contribution is -2.34. The van der Waals surface area contributed by atoms with Gasteiger partial charge in [-0.1, -0.05) is 6.07 Å². The highest BCUT2D eigenvalue weighted by molar-refractivity contribution is 5.95. The minimum absolute atomic E-state index is 0.0483. The Balaban J connectivity index is 1.34. The van der Waals surface area contributed by atoms with Crippen molar-refractivity contribution in [2.75, 3.05) is 6.54 Å². The lowest BCUT2D eigenvalue weighted by molar-refractivity contribution is 0.0736. The lowest BCUT2D eigenvalue weighted by Gasteiger charge is -2.22. The van der Waals surface area contributed by atoms with Crippen LogP contribution < -0.4 is 0 Å². The van der Waals surface area contributed by atoms with E-state index in [4.69, 9.17) is 4.98 Å². The molecule has 0 spiro atoms. The molecule has 1 saturated heterocycles. The highest BCUT2D eigenvalue weighted by atomic mass is 19.2. The van der Waals surface area contributed by atoms with Gasteiger partial charge in [0.15, 0.2) is 11.6 Å². The molecule has 2 atom stereocenters. The number of hydrogen-bond acceptors (Lipinski definition) is 3. The molecule has 0 saturated carbocycles. The Morgan fingerprint density at radius 2 is 2.10 bits per heavy atom. The van der Waals surface area contributed by atoms with E-state index in [9.17, 15) is 13.6 Å². The number of nitrogens with zero attached hydrogens (tertiary/aromatic N) is 4. The quantitative estimate of drug-likeness (QED) is 0.536. The number of benzene rings is 1. The zero-order valence-corrected chi connectivity index (χ0v) is 16.9. The Morgan fingerprint density at radius 1 is 1.23 bits per heavy atom. The SMILES string of the molecule is C[C@@H]1CC(Cn2ccc3nc(-c4cn[nH]c4)ccc32)CN1C(=O)c1cccc(F)c1F. The first-order chi connectivity index (χ1) is 15.0. The number of H-pyrrole nitrogens is 1. The molecule has 1 aromatic carbocycles. The summed E-state index contributed by atoms with van der Waals surface area (Å²) in [6.07, 6.45) is 6.33. The van der Waals surface area contributed by atoms with Gasteiger partial charge < -0.3 is 9.47 Å². The van der Waals surface area contributed by atoms with E-state index in [2.05, 4.69) is 14.8 Å². The van der Waals surface area contributed by atoms with Gasteiger partial charge in [0.25, 0.3) is 5.91 Å². The molecular formula is C23H21F2N5O. The van der Waals surface area contributed by atoms with Gasteiger partial charge >= 0.3 is 0 Å². The second-order valence-electron chi connectivity index (χ2n) is 8.07. The highest BCUT2D eigenvalue weighted by Gasteiger charge is 2.34. The molecule has 6 nitrogen and oxygen atoms in total. The number of carbonyl (C=O) groups excluding carboxylic acids is 1. The zero-order chi connectivity index (χ0) is 21.5. The number of aromatic nitrogens is 4. The smallest absolute Gasteiger partial charge is 0.257 e. The number of amides is 1. The third kappa shape index (κ3) is 3.48. The molecule has 0 radical (unpaired) electrons. The van der Waals surface area contributed by atoms with Crippen molar-refractivity contribution in [1.29, 1.82) is 0 Å². The van der Waals surface area contributed by atoms with Crippen molar-refractivity contribution in [3.63, 3.8) is 0 Å². The first-order valence-electron chi connectivity index (χ1n) is 10.2. The summed E-state index contributed by atoms with van der Waals surface area (Å²) in [4.78, 5) is 19.2. The molecule has 4 aromatic rings. The summed E-state index contributed by atoms with van der Waals surface area (Å²) in [5.74, 6) is -2.34. The molecule has 8 heteroatoms. The number of hydrogen-bond donors (Lipinski definition) is 1. The molecule has 158 valence electrons. The molecule has 1 fully saturated rings. The van der Waals surface area contributed by atoms with E-state index in [1.54, 1.807) is 17.3 Å². The fourth-order valence-electron chi connectivity index (χ4n) is 4.44. The van der Waals surface area contributed by atoms with Crippen molar-refractivity contribution in [3.05, 3.63) is 72.2 Å². The lowest BCUT2D eigenvalue weighted by atomic mass is 10.1. The van der Waals surface area contributed by atoms with Gasteiger partial charge in [0, 0.05) is 37.1 Å². The number of aromatic amines is 1. The van der Waals surface area contributed by atoms with Crippen LogP contribution in [0, 0.1) is 17.6 Å². The summed E-state index contributed by atoms with van der Waals surface area (Å²) in [7, 11) is 0. The molecule has 0 bridgehead atoms. The monoisotopic (exact) mass is 421 g/mol. The van der Waals surface area contributed by atoms with E-state index in [0.717, 1.165) is 41.3 Å². The van der Waals surface area contributed by atoms with Gasteiger partial charge in [-0.2, -0.15) is 5.10 Å². The van der Waals surface area contributed by atoms with Crippen LogP contribution in [0.15, 0.2) is 55.0 Å². The van der Waals surface area contributed by atoms with Crippen LogP contribution >= 0.6 is 0 Å². The van der Waals surface area contributed by atoms with E-state index in [1.165, 1.54) is 12.1 Å². The summed E-state index contributed by atoms with van der Waals surface area (Å²) < 4.78 is 29.8. The number of halogens is 2. The third-order valence-corrected chi connectivity index (χ3v) is 5.98. The van der Waals surface area contributed by atoms with Gasteiger partial charge in [-0.15, -0.1) is 0 Å². The molecule has 1 N–H and O–H groups in total. The Kier molecular flexibility index (Phi) is 4.77. The molecule has 3 aromatic heterocycles. The third-order valence-electron chi connectivity index (χ3n) is 5.98. The topological polar surface area (TPSA) is 66.8 Å². The maximum Gasteiger partial charge on any atom is 0.257 e. The van der Waals surface area contributed by atoms with Crippen LogP contribution in [0.3, 0.4) is 0 Å². The molecule has 1 unspecified atom stereocenters. The maximum atomic E-state index is 14.1. The largest absolute Gasteiger partial charge is 0.346 e. The molecule has 1 aliphatic heterocycles. The fourth-order valence-corrected chi connectivity index (χ4v) is 4.44. The van der Waals surface area contributed by atoms with Crippen LogP contribution in [0.25, 0.3) is 22.3 Å². The number of fused-ring (bicyclic) bond motifs is 1. The normalized spacial score (nSPS) is 18.7. The first kappa shape index (κ1) is 19.4. The van der Waals surface area contributed by atoms with Crippen molar-refractivity contribution in [3.8, 4) is 11.3 Å². The van der Waals surface area contributed by atoms with Gasteiger partial charge in [-0.3, -0.25) is 9.89 Å². The average Bonchev–Trinajstić information content (AvgIpc) is 3.50. The maximum absolute atomic E-state index is 14.1. The minimum atomic E-state index is -1.08. The Hall–Kier alpha value is -3.55. The molecule has 1 amide bonds. The van der Waals surface area contributed by atoms with Crippen LogP contribution in [0.1, 0.15) is 23.7 Å². The standard InChI is InChI=1S/C23H21F2N5O/c1-14-9-15(13-30(14)23(31)17-3-2-4-18(24)22(17)25)12-29-8-7-20-21(29)6-5-19(28-20)16-10-26-27-11-16/h2-8,10-11,14-15H,9,12-13H2,1H3,(H,26,27)/t14-,15?/m1/s1. The molecule has 1 aliphatic rings. The summed E-state index contributed by atoms with van der Waals surface area (Å²) in [6.45, 7) is 3.16. The van der Waals surface area contributed by atoms with Crippen molar-refractivity contribution in [2.24, 2.45) is 5.92 Å². The van der Waals surface area contributed by atoms with Gasteiger partial charge in [0.2, 0.25) is 0 Å². The predicted molar refractivity (Wildman–Crippen MR) is 112 cm³/mol. The Morgan fingerprint density at radius 3 is 2.90 bits per heavy atom. The van der Waals surface area contributed by atoms with E-state index in [0.29, 0.717) is 6.54 Å². The van der Waals surface area contributed by atoms with Crippen molar-refractivity contribution in [2.45, 2.75) is 25.9 Å². The van der Waals surface area contributed by atoms with Gasteiger partial charge in [-0.25, -0.2) is 13.8 Å². The van der Waals surface area contributed by atoms with Crippen LogP contribution in [-0.2, 0) is 6.54 Å². The van der Waals surface area contributed by atoms with Crippen LogP contribution in [0.4, 0.5) is 8.78 Å². The van der Waals surface area contributed by atoms with E-state index in [-0.39, 0.29) is 17.5 Å². The summed E-state index contributed by atoms with van der Waals surface area (Å²) in [6, 6.07) is 9.64. The highest BCUT2D eigenvalue weighted by Crippen LogP contribution is 2.29. The van der Waals surface area contributed by atoms with E-state index < -0.39 is 17.5 Å². The van der Waals surface area contributed by atoms with Gasteiger partial charge in [-0.05, 0) is 49.6 Å². The molecule has 4 heterocycles. The molecule has 0 aliphatic carbocycles. The number of likely N-dealkylation sites (tertiary alicyclic amines) is 1. The Labute approximate surface area is 177 Å². The van der Waals surface area contributed by atoms with Gasteiger partial charge in [0.1, 0.15) is 0 Å². The van der Waals surface area contributed by atoms with Crippen LogP contribution in [0.5, 0.6) is 0 Å². The number of pyridine rings is 1. The van der Waals surface area contributed by atoms with E-state index >= 15 is 0 Å². The van der Waals surface area contributed by atoms with Crippen LogP contribution in [-0.4, -0.2) is 43.1 Å². The molecular weight excluding hydrogens is 400 g/mol. The summed E-state index contributed by atoms with van der Waals surface area (Å²) in [5, 5.41) is 6.76.